The predicted molar refractivity (Wildman–Crippen MR) is 60.2 cm³/mol. The quantitative estimate of drug-likeness (QED) is 0.824. The van der Waals surface area contributed by atoms with Crippen molar-refractivity contribution in [1.29, 1.82) is 0 Å². The topological polar surface area (TPSA) is 63.8 Å². The monoisotopic (exact) mass is 218 g/mol. The molecule has 0 amide bonds. The molecule has 0 aliphatic carbocycles. The lowest BCUT2D eigenvalue weighted by Gasteiger charge is -2.04. The molecule has 5 heteroatoms. The maximum Gasteiger partial charge on any atom is 0.222 e. The van der Waals surface area contributed by atoms with Gasteiger partial charge in [0.15, 0.2) is 0 Å². The average Bonchev–Trinajstić information content (AvgIpc) is 2.28. The van der Waals surface area contributed by atoms with Gasteiger partial charge in [0.1, 0.15) is 5.82 Å². The highest BCUT2D eigenvalue weighted by Gasteiger charge is 1.97. The number of aromatic nitrogens is 2. The average molecular weight is 218 g/mol. The van der Waals surface area contributed by atoms with Gasteiger partial charge in [-0.25, -0.2) is 14.4 Å². The smallest absolute Gasteiger partial charge is 0.222 e. The zero-order valence-electron chi connectivity index (χ0n) is 8.52. The van der Waals surface area contributed by atoms with Crippen LogP contribution in [0.25, 0.3) is 0 Å². The Hall–Kier alpha value is -2.17. The van der Waals surface area contributed by atoms with E-state index in [1.54, 1.807) is 6.07 Å². The molecule has 16 heavy (non-hydrogen) atoms. The van der Waals surface area contributed by atoms with Gasteiger partial charge >= 0.3 is 0 Å². The van der Waals surface area contributed by atoms with Crippen LogP contribution < -0.4 is 11.1 Å². The molecule has 1 aromatic carbocycles. The van der Waals surface area contributed by atoms with Gasteiger partial charge in [-0.3, -0.25) is 0 Å². The van der Waals surface area contributed by atoms with E-state index < -0.39 is 0 Å². The summed E-state index contributed by atoms with van der Waals surface area (Å²) in [5.41, 5.74) is 6.80. The Kier molecular flexibility index (Phi) is 2.95. The van der Waals surface area contributed by atoms with E-state index in [2.05, 4.69) is 15.3 Å². The maximum atomic E-state index is 12.9. The fourth-order valence-electron chi connectivity index (χ4n) is 1.26. The first kappa shape index (κ1) is 10.4. The van der Waals surface area contributed by atoms with E-state index in [9.17, 15) is 4.39 Å². The molecule has 0 aliphatic heterocycles. The normalized spacial score (nSPS) is 10.1. The molecule has 0 unspecified atom stereocenters. The lowest BCUT2D eigenvalue weighted by molar-refractivity contribution is 0.626. The Morgan fingerprint density at radius 3 is 2.69 bits per heavy atom. The van der Waals surface area contributed by atoms with Gasteiger partial charge < -0.3 is 11.1 Å². The van der Waals surface area contributed by atoms with Gasteiger partial charge in [0.25, 0.3) is 0 Å². The Morgan fingerprint density at radius 1 is 1.25 bits per heavy atom. The van der Waals surface area contributed by atoms with E-state index >= 15 is 0 Å². The van der Waals surface area contributed by atoms with Gasteiger partial charge in [-0.15, -0.1) is 0 Å². The minimum absolute atomic E-state index is 0.252. The van der Waals surface area contributed by atoms with Crippen LogP contribution in [0.15, 0.2) is 36.7 Å². The number of nitrogens with one attached hydrogen (secondary N) is 1. The van der Waals surface area contributed by atoms with Gasteiger partial charge in [0.2, 0.25) is 5.95 Å². The van der Waals surface area contributed by atoms with Gasteiger partial charge in [-0.2, -0.15) is 0 Å². The van der Waals surface area contributed by atoms with E-state index in [0.29, 0.717) is 18.2 Å². The molecule has 0 radical (unpaired) electrons. The molecule has 4 nitrogen and oxygen atoms in total. The molecule has 0 atom stereocenters. The number of nitrogens with zero attached hydrogens (tertiary/aromatic N) is 2. The van der Waals surface area contributed by atoms with Crippen LogP contribution >= 0.6 is 0 Å². The second-order valence-electron chi connectivity index (χ2n) is 3.32. The van der Waals surface area contributed by atoms with Crippen LogP contribution in [0.1, 0.15) is 5.56 Å². The van der Waals surface area contributed by atoms with E-state index in [4.69, 9.17) is 5.73 Å². The number of rotatable bonds is 3. The van der Waals surface area contributed by atoms with Gasteiger partial charge in [0.05, 0.1) is 18.1 Å². The molecule has 0 fully saturated rings. The number of nitrogen functional groups attached to an aromatic ring is 1. The minimum Gasteiger partial charge on any atom is -0.396 e. The Labute approximate surface area is 92.3 Å². The summed E-state index contributed by atoms with van der Waals surface area (Å²) in [5, 5.41) is 2.97. The van der Waals surface area contributed by atoms with Crippen molar-refractivity contribution in [3.63, 3.8) is 0 Å². The number of halogens is 1. The van der Waals surface area contributed by atoms with Crippen LogP contribution in [0.4, 0.5) is 16.0 Å². The van der Waals surface area contributed by atoms with Crippen molar-refractivity contribution in [2.24, 2.45) is 0 Å². The molecule has 3 N–H and O–H groups in total. The first-order chi connectivity index (χ1) is 7.74. The Bertz CT molecular complexity index is 470. The molecule has 0 saturated carbocycles. The highest BCUT2D eigenvalue weighted by Crippen LogP contribution is 2.06. The molecule has 82 valence electrons. The van der Waals surface area contributed by atoms with Crippen LogP contribution in [-0.4, -0.2) is 9.97 Å². The molecular weight excluding hydrogens is 207 g/mol. The van der Waals surface area contributed by atoms with Crippen molar-refractivity contribution in [2.45, 2.75) is 6.54 Å². The molecule has 2 rings (SSSR count). The summed E-state index contributed by atoms with van der Waals surface area (Å²) in [6.45, 7) is 0.474. The number of anilines is 2. The molecule has 1 aromatic heterocycles. The summed E-state index contributed by atoms with van der Waals surface area (Å²) in [4.78, 5) is 7.95. The van der Waals surface area contributed by atoms with Gasteiger partial charge in [0, 0.05) is 6.54 Å². The lowest BCUT2D eigenvalue weighted by Crippen LogP contribution is -2.03. The lowest BCUT2D eigenvalue weighted by atomic mass is 10.2. The Morgan fingerprint density at radius 2 is 2.00 bits per heavy atom. The third kappa shape index (κ3) is 2.66. The van der Waals surface area contributed by atoms with Crippen molar-refractivity contribution in [1.82, 2.24) is 9.97 Å². The summed E-state index contributed by atoms with van der Waals surface area (Å²) < 4.78 is 12.9. The van der Waals surface area contributed by atoms with Crippen molar-refractivity contribution in [2.75, 3.05) is 11.1 Å². The fraction of sp³-hybridized carbons (Fsp3) is 0.0909. The highest BCUT2D eigenvalue weighted by atomic mass is 19.1. The van der Waals surface area contributed by atoms with Crippen molar-refractivity contribution >= 4 is 11.6 Å². The number of hydrogen-bond acceptors (Lipinski definition) is 4. The third-order valence-corrected chi connectivity index (χ3v) is 2.01. The third-order valence-electron chi connectivity index (χ3n) is 2.01. The Balaban J connectivity index is 1.99. The van der Waals surface area contributed by atoms with Crippen molar-refractivity contribution < 1.29 is 4.39 Å². The van der Waals surface area contributed by atoms with Crippen LogP contribution in [0, 0.1) is 5.82 Å². The molecule has 0 bridgehead atoms. The molecule has 1 heterocycles. The fourth-order valence-corrected chi connectivity index (χ4v) is 1.26. The van der Waals surface area contributed by atoms with Crippen LogP contribution in [0.5, 0.6) is 0 Å². The van der Waals surface area contributed by atoms with E-state index in [-0.39, 0.29) is 5.82 Å². The molecule has 0 aliphatic rings. The zero-order valence-corrected chi connectivity index (χ0v) is 8.52. The number of hydrogen-bond donors (Lipinski definition) is 2. The van der Waals surface area contributed by atoms with Crippen LogP contribution in [-0.2, 0) is 6.54 Å². The first-order valence-electron chi connectivity index (χ1n) is 4.80. The second kappa shape index (κ2) is 4.57. The summed E-state index contributed by atoms with van der Waals surface area (Å²) in [6.07, 6.45) is 3.03. The van der Waals surface area contributed by atoms with Gasteiger partial charge in [-0.1, -0.05) is 12.1 Å². The molecule has 2 aromatic rings. The second-order valence-corrected chi connectivity index (χ2v) is 3.32. The van der Waals surface area contributed by atoms with E-state index in [0.717, 1.165) is 5.56 Å². The molecular formula is C11H11FN4. The number of nitrogens with two attached hydrogens (primary N) is 1. The first-order valence-corrected chi connectivity index (χ1v) is 4.80. The summed E-state index contributed by atoms with van der Waals surface area (Å²) in [5.74, 6) is 0.219. The van der Waals surface area contributed by atoms with E-state index in [1.807, 2.05) is 6.07 Å². The van der Waals surface area contributed by atoms with Crippen LogP contribution in [0.3, 0.4) is 0 Å². The minimum atomic E-state index is -0.252. The highest BCUT2D eigenvalue weighted by molar-refractivity contribution is 5.36. The largest absolute Gasteiger partial charge is 0.396 e. The van der Waals surface area contributed by atoms with Crippen molar-refractivity contribution in [3.8, 4) is 0 Å². The summed E-state index contributed by atoms with van der Waals surface area (Å²) in [6, 6.07) is 6.36. The standard InChI is InChI=1S/C11H11FN4/c12-9-3-1-2-8(4-9)5-14-11-15-6-10(13)7-16-11/h1-4,6-7H,5,13H2,(H,14,15,16). The van der Waals surface area contributed by atoms with Crippen molar-refractivity contribution in [3.05, 3.63) is 48.0 Å². The maximum absolute atomic E-state index is 12.9. The summed E-state index contributed by atoms with van der Waals surface area (Å²) in [7, 11) is 0. The number of benzene rings is 1. The SMILES string of the molecule is Nc1cnc(NCc2cccc(F)c2)nc1. The van der Waals surface area contributed by atoms with Gasteiger partial charge in [-0.05, 0) is 17.7 Å². The summed E-state index contributed by atoms with van der Waals surface area (Å²) >= 11 is 0. The predicted octanol–water partition coefficient (Wildman–Crippen LogP) is 1.81. The zero-order chi connectivity index (χ0) is 11.4. The van der Waals surface area contributed by atoms with E-state index in [1.165, 1.54) is 24.5 Å². The molecule has 0 spiro atoms. The van der Waals surface area contributed by atoms with Crippen LogP contribution in [0.2, 0.25) is 0 Å². The molecule has 0 saturated heterocycles.